The molecule has 0 aromatic carbocycles. The molecular weight excluding hydrogens is 248 g/mol. The number of nitrogens with zero attached hydrogens (tertiary/aromatic N) is 1. The van der Waals surface area contributed by atoms with E-state index in [1.165, 1.54) is 25.7 Å². The molecule has 1 aliphatic rings. The van der Waals surface area contributed by atoms with Gasteiger partial charge >= 0.3 is 0 Å². The lowest BCUT2D eigenvalue weighted by molar-refractivity contribution is -0.0202. The molecule has 2 N–H and O–H groups in total. The van der Waals surface area contributed by atoms with Gasteiger partial charge in [-0.05, 0) is 50.5 Å². The van der Waals surface area contributed by atoms with Gasteiger partial charge in [-0.1, -0.05) is 27.7 Å². The first-order valence-electron chi connectivity index (χ1n) is 8.26. The molecule has 0 amide bonds. The lowest BCUT2D eigenvalue weighted by atomic mass is 9.66. The van der Waals surface area contributed by atoms with Crippen molar-refractivity contribution in [2.75, 3.05) is 26.8 Å². The van der Waals surface area contributed by atoms with E-state index in [0.717, 1.165) is 25.6 Å². The minimum absolute atomic E-state index is 0.189. The Morgan fingerprint density at radius 1 is 1.30 bits per heavy atom. The fraction of sp³-hybridized carbons (Fsp3) is 1.00. The normalized spacial score (nSPS) is 29.7. The second-order valence-electron chi connectivity index (χ2n) is 7.66. The van der Waals surface area contributed by atoms with E-state index in [1.54, 1.807) is 7.11 Å². The summed E-state index contributed by atoms with van der Waals surface area (Å²) in [5.74, 6) is 0.832. The number of hydrogen-bond donors (Lipinski definition) is 1. The van der Waals surface area contributed by atoms with Crippen LogP contribution >= 0.6 is 0 Å². The van der Waals surface area contributed by atoms with Gasteiger partial charge in [-0.2, -0.15) is 0 Å². The molecule has 0 saturated heterocycles. The van der Waals surface area contributed by atoms with E-state index in [-0.39, 0.29) is 5.54 Å². The number of hydrogen-bond acceptors (Lipinski definition) is 3. The highest BCUT2D eigenvalue weighted by molar-refractivity contribution is 4.98. The molecule has 120 valence electrons. The first-order chi connectivity index (χ1) is 9.30. The Kier molecular flexibility index (Phi) is 6.49. The zero-order valence-corrected chi connectivity index (χ0v) is 14.5. The monoisotopic (exact) mass is 284 g/mol. The van der Waals surface area contributed by atoms with Crippen molar-refractivity contribution in [1.29, 1.82) is 0 Å². The van der Waals surface area contributed by atoms with Crippen molar-refractivity contribution in [1.82, 2.24) is 4.90 Å². The zero-order valence-electron chi connectivity index (χ0n) is 14.5. The van der Waals surface area contributed by atoms with Crippen LogP contribution in [0.3, 0.4) is 0 Å². The summed E-state index contributed by atoms with van der Waals surface area (Å²) in [6.07, 6.45) is 5.06. The van der Waals surface area contributed by atoms with Crippen LogP contribution in [0.2, 0.25) is 0 Å². The van der Waals surface area contributed by atoms with Crippen molar-refractivity contribution >= 4 is 0 Å². The third kappa shape index (κ3) is 3.96. The highest BCUT2D eigenvalue weighted by Crippen LogP contribution is 2.43. The second-order valence-corrected chi connectivity index (χ2v) is 7.66. The summed E-state index contributed by atoms with van der Waals surface area (Å²) in [6, 6.07) is 0.444. The number of rotatable bonds is 6. The van der Waals surface area contributed by atoms with E-state index in [2.05, 4.69) is 39.5 Å². The average molecular weight is 284 g/mol. The highest BCUT2D eigenvalue weighted by atomic mass is 16.5. The molecule has 0 heterocycles. The standard InChI is InChI=1S/C17H36N2O/c1-7-19(14(2)12-20-6)17(13-18)10-8-15(9-11-17)16(3,4)5/h14-15H,7-13,18H2,1-6H3. The number of likely N-dealkylation sites (N-methyl/N-ethyl adjacent to an activating group) is 1. The molecule has 0 bridgehead atoms. The van der Waals surface area contributed by atoms with Gasteiger partial charge in [0, 0.05) is 25.2 Å². The van der Waals surface area contributed by atoms with Gasteiger partial charge in [-0.15, -0.1) is 0 Å². The van der Waals surface area contributed by atoms with Gasteiger partial charge < -0.3 is 10.5 Å². The van der Waals surface area contributed by atoms with E-state index in [0.29, 0.717) is 11.5 Å². The molecule has 1 atom stereocenters. The maximum atomic E-state index is 6.22. The van der Waals surface area contributed by atoms with E-state index in [4.69, 9.17) is 10.5 Å². The van der Waals surface area contributed by atoms with E-state index >= 15 is 0 Å². The van der Waals surface area contributed by atoms with Crippen LogP contribution in [0.4, 0.5) is 0 Å². The third-order valence-corrected chi connectivity index (χ3v) is 5.41. The van der Waals surface area contributed by atoms with Gasteiger partial charge in [0.25, 0.3) is 0 Å². The average Bonchev–Trinajstić information content (AvgIpc) is 2.39. The van der Waals surface area contributed by atoms with Crippen LogP contribution in [0.5, 0.6) is 0 Å². The fourth-order valence-electron chi connectivity index (χ4n) is 4.08. The molecule has 1 fully saturated rings. The molecule has 0 aliphatic heterocycles. The van der Waals surface area contributed by atoms with Crippen LogP contribution in [-0.4, -0.2) is 43.3 Å². The van der Waals surface area contributed by atoms with Crippen molar-refractivity contribution in [2.45, 2.75) is 71.9 Å². The molecule has 0 aromatic rings. The number of methoxy groups -OCH3 is 1. The van der Waals surface area contributed by atoms with Crippen molar-refractivity contribution < 1.29 is 4.74 Å². The lowest BCUT2D eigenvalue weighted by Gasteiger charge is -2.51. The van der Waals surface area contributed by atoms with Gasteiger partial charge in [0.15, 0.2) is 0 Å². The highest BCUT2D eigenvalue weighted by Gasteiger charge is 2.42. The largest absolute Gasteiger partial charge is 0.383 e. The molecule has 1 rings (SSSR count). The van der Waals surface area contributed by atoms with Crippen molar-refractivity contribution in [3.63, 3.8) is 0 Å². The van der Waals surface area contributed by atoms with Crippen LogP contribution < -0.4 is 5.73 Å². The Labute approximate surface area is 126 Å². The molecular formula is C17H36N2O. The molecule has 3 nitrogen and oxygen atoms in total. The maximum Gasteiger partial charge on any atom is 0.0615 e. The number of ether oxygens (including phenoxy) is 1. The quantitative estimate of drug-likeness (QED) is 0.813. The van der Waals surface area contributed by atoms with E-state index < -0.39 is 0 Å². The Morgan fingerprint density at radius 3 is 2.20 bits per heavy atom. The Hall–Kier alpha value is -0.120. The van der Waals surface area contributed by atoms with Crippen molar-refractivity contribution in [3.8, 4) is 0 Å². The Morgan fingerprint density at radius 2 is 1.85 bits per heavy atom. The van der Waals surface area contributed by atoms with Crippen molar-refractivity contribution in [3.05, 3.63) is 0 Å². The van der Waals surface area contributed by atoms with Crippen LogP contribution in [0.1, 0.15) is 60.3 Å². The summed E-state index contributed by atoms with van der Waals surface area (Å²) in [5, 5.41) is 0. The van der Waals surface area contributed by atoms with Crippen LogP contribution in [0, 0.1) is 11.3 Å². The molecule has 20 heavy (non-hydrogen) atoms. The van der Waals surface area contributed by atoms with Gasteiger partial charge in [0.05, 0.1) is 6.61 Å². The smallest absolute Gasteiger partial charge is 0.0615 e. The Bertz CT molecular complexity index is 277. The predicted molar refractivity (Wildman–Crippen MR) is 86.9 cm³/mol. The first-order valence-corrected chi connectivity index (χ1v) is 8.26. The summed E-state index contributed by atoms with van der Waals surface area (Å²) in [5.41, 5.74) is 6.84. The number of nitrogens with two attached hydrogens (primary N) is 1. The molecule has 1 saturated carbocycles. The zero-order chi connectivity index (χ0) is 15.4. The lowest BCUT2D eigenvalue weighted by Crippen LogP contribution is -2.59. The fourth-order valence-corrected chi connectivity index (χ4v) is 4.08. The minimum atomic E-state index is 0.189. The van der Waals surface area contributed by atoms with Crippen molar-refractivity contribution in [2.24, 2.45) is 17.1 Å². The van der Waals surface area contributed by atoms with Gasteiger partial charge in [-0.3, -0.25) is 4.90 Å². The van der Waals surface area contributed by atoms with Gasteiger partial charge in [-0.25, -0.2) is 0 Å². The molecule has 3 heteroatoms. The minimum Gasteiger partial charge on any atom is -0.383 e. The van der Waals surface area contributed by atoms with Crippen LogP contribution in [-0.2, 0) is 4.74 Å². The van der Waals surface area contributed by atoms with Crippen LogP contribution in [0.25, 0.3) is 0 Å². The molecule has 1 unspecified atom stereocenters. The predicted octanol–water partition coefficient (Wildman–Crippen LogP) is 3.28. The second kappa shape index (κ2) is 7.24. The topological polar surface area (TPSA) is 38.5 Å². The summed E-state index contributed by atoms with van der Waals surface area (Å²) in [4.78, 5) is 2.59. The van der Waals surface area contributed by atoms with E-state index in [1.807, 2.05) is 0 Å². The summed E-state index contributed by atoms with van der Waals surface area (Å²) in [6.45, 7) is 14.3. The maximum absolute atomic E-state index is 6.22. The third-order valence-electron chi connectivity index (χ3n) is 5.41. The Balaban J connectivity index is 2.78. The van der Waals surface area contributed by atoms with Gasteiger partial charge in [0.2, 0.25) is 0 Å². The molecule has 1 aliphatic carbocycles. The summed E-state index contributed by atoms with van der Waals surface area (Å²) < 4.78 is 5.36. The molecule has 0 spiro atoms. The summed E-state index contributed by atoms with van der Waals surface area (Å²) in [7, 11) is 1.79. The van der Waals surface area contributed by atoms with E-state index in [9.17, 15) is 0 Å². The van der Waals surface area contributed by atoms with Gasteiger partial charge in [0.1, 0.15) is 0 Å². The summed E-state index contributed by atoms with van der Waals surface area (Å²) >= 11 is 0. The first kappa shape index (κ1) is 17.9. The SMILES string of the molecule is CCN(C(C)COC)C1(CN)CCC(C(C)(C)C)CC1. The molecule has 0 aromatic heterocycles. The van der Waals surface area contributed by atoms with Crippen LogP contribution in [0.15, 0.2) is 0 Å². The molecule has 0 radical (unpaired) electrons.